The molecule has 52 heavy (non-hydrogen) atoms. The molecule has 0 N–H and O–H groups in total. The third-order valence-electron chi connectivity index (χ3n) is 10.5. The molecule has 9 aromatic rings. The third-order valence-corrected chi connectivity index (χ3v) is 10.5. The maximum Gasteiger partial charge on any atom is 0.143 e. The molecule has 0 radical (unpaired) electrons. The molecule has 0 fully saturated rings. The summed E-state index contributed by atoms with van der Waals surface area (Å²) in [5, 5.41) is 2.30. The van der Waals surface area contributed by atoms with Crippen molar-refractivity contribution in [2.45, 2.75) is 13.1 Å². The molecule has 0 unspecified atom stereocenters. The highest BCUT2D eigenvalue weighted by Crippen LogP contribution is 2.42. The van der Waals surface area contributed by atoms with Crippen molar-refractivity contribution in [1.82, 2.24) is 0 Å². The van der Waals surface area contributed by atoms with Gasteiger partial charge in [-0.2, -0.15) is 0 Å². The van der Waals surface area contributed by atoms with E-state index in [9.17, 15) is 0 Å². The number of furan rings is 1. The minimum absolute atomic E-state index is 0.820. The zero-order valence-electron chi connectivity index (χ0n) is 28.7. The van der Waals surface area contributed by atoms with Gasteiger partial charge in [-0.1, -0.05) is 140 Å². The summed E-state index contributed by atoms with van der Waals surface area (Å²) < 4.78 is 6.52. The molecule has 1 aromatic heterocycles. The Morgan fingerprint density at radius 1 is 0.346 bits per heavy atom. The molecule has 1 aliphatic rings. The van der Waals surface area contributed by atoms with Crippen LogP contribution in [0.4, 0.5) is 5.69 Å². The van der Waals surface area contributed by atoms with E-state index in [1.165, 1.54) is 61.3 Å². The second-order valence-corrected chi connectivity index (χ2v) is 13.7. The molecule has 2 heteroatoms. The quantitative estimate of drug-likeness (QED) is 0.182. The molecule has 8 aromatic carbocycles. The Hall–Kier alpha value is -6.64. The largest absolute Gasteiger partial charge is 0.455 e. The summed E-state index contributed by atoms with van der Waals surface area (Å²) in [5.74, 6) is 0. The lowest BCUT2D eigenvalue weighted by molar-refractivity contribution is 0.670. The van der Waals surface area contributed by atoms with Crippen LogP contribution in [0, 0.1) is 0 Å². The number of para-hydroxylation sites is 3. The number of anilines is 1. The van der Waals surface area contributed by atoms with E-state index in [-0.39, 0.29) is 0 Å². The van der Waals surface area contributed by atoms with Gasteiger partial charge in [-0.3, -0.25) is 0 Å². The molecular formula is C50H35NO. The van der Waals surface area contributed by atoms with E-state index in [1.807, 2.05) is 6.07 Å². The summed E-state index contributed by atoms with van der Waals surface area (Å²) in [5.41, 5.74) is 17.8. The first-order valence-electron chi connectivity index (χ1n) is 18.0. The van der Waals surface area contributed by atoms with Crippen LogP contribution in [0.25, 0.3) is 77.6 Å². The molecular weight excluding hydrogens is 631 g/mol. The van der Waals surface area contributed by atoms with Crippen LogP contribution < -0.4 is 4.90 Å². The van der Waals surface area contributed by atoms with Crippen LogP contribution in [0.1, 0.15) is 11.1 Å². The Kier molecular flexibility index (Phi) is 7.32. The van der Waals surface area contributed by atoms with Crippen molar-refractivity contribution in [3.8, 4) is 55.6 Å². The second kappa shape index (κ2) is 12.6. The molecule has 0 bridgehead atoms. The molecule has 0 amide bonds. The molecule has 0 atom stereocenters. The van der Waals surface area contributed by atoms with Crippen LogP contribution in [-0.4, -0.2) is 0 Å². The molecule has 0 spiro atoms. The van der Waals surface area contributed by atoms with Gasteiger partial charge in [0.05, 0.1) is 0 Å². The van der Waals surface area contributed by atoms with E-state index >= 15 is 0 Å². The maximum absolute atomic E-state index is 6.52. The van der Waals surface area contributed by atoms with Crippen molar-refractivity contribution >= 4 is 27.6 Å². The fourth-order valence-corrected chi connectivity index (χ4v) is 7.93. The van der Waals surface area contributed by atoms with Crippen molar-refractivity contribution in [3.05, 3.63) is 199 Å². The zero-order chi connectivity index (χ0) is 34.4. The Labute approximate surface area is 303 Å². The highest BCUT2D eigenvalue weighted by Gasteiger charge is 2.22. The Morgan fingerprint density at radius 3 is 1.52 bits per heavy atom. The highest BCUT2D eigenvalue weighted by atomic mass is 16.3. The fourth-order valence-electron chi connectivity index (χ4n) is 7.93. The topological polar surface area (TPSA) is 16.4 Å². The van der Waals surface area contributed by atoms with E-state index in [2.05, 4.69) is 187 Å². The summed E-state index contributed by atoms with van der Waals surface area (Å²) in [7, 11) is 0. The standard InChI is InChI=1S/C50H35NO/c1-4-13-34(14-5-1)40-27-41(35-15-6-2-7-16-35)29-42(28-40)36-23-25-38-32-51(43-17-8-3-9-18-43)33-39-26-24-37(31-48(39)47(38)30-36)44-20-12-21-46-45-19-10-11-22-49(45)52-50(44)46/h1-31H,32-33H2. The molecule has 10 rings (SSSR count). The van der Waals surface area contributed by atoms with Gasteiger partial charge in [-0.15, -0.1) is 0 Å². The Balaban J connectivity index is 1.16. The van der Waals surface area contributed by atoms with Crippen molar-refractivity contribution < 1.29 is 4.42 Å². The Bertz CT molecular complexity index is 2670. The van der Waals surface area contributed by atoms with Gasteiger partial charge in [-0.05, 0) is 110 Å². The summed E-state index contributed by atoms with van der Waals surface area (Å²) >= 11 is 0. The molecule has 246 valence electrons. The van der Waals surface area contributed by atoms with E-state index < -0.39 is 0 Å². The first-order valence-corrected chi connectivity index (χ1v) is 18.0. The normalized spacial score (nSPS) is 12.4. The SMILES string of the molecule is c1ccc(-c2cc(-c3ccccc3)cc(-c3ccc4c(c3)-c3cc(-c5cccc6c5oc5ccccc56)ccc3CN(c3ccccc3)C4)c2)cc1. The number of fused-ring (bicyclic) bond motifs is 6. The van der Waals surface area contributed by atoms with Crippen LogP contribution in [0.5, 0.6) is 0 Å². The fraction of sp³-hybridized carbons (Fsp3) is 0.0400. The molecule has 0 saturated heterocycles. The smallest absolute Gasteiger partial charge is 0.143 e. The van der Waals surface area contributed by atoms with Crippen LogP contribution in [0.2, 0.25) is 0 Å². The summed E-state index contributed by atoms with van der Waals surface area (Å²) in [4.78, 5) is 2.49. The number of hydrogen-bond acceptors (Lipinski definition) is 2. The number of rotatable bonds is 5. The minimum atomic E-state index is 0.820. The van der Waals surface area contributed by atoms with Crippen molar-refractivity contribution in [2.24, 2.45) is 0 Å². The van der Waals surface area contributed by atoms with E-state index in [1.54, 1.807) is 0 Å². The lowest BCUT2D eigenvalue weighted by atomic mass is 9.89. The van der Waals surface area contributed by atoms with Gasteiger partial charge in [0.1, 0.15) is 11.2 Å². The maximum atomic E-state index is 6.52. The van der Waals surface area contributed by atoms with E-state index in [4.69, 9.17) is 4.42 Å². The average molecular weight is 666 g/mol. The first-order chi connectivity index (χ1) is 25.7. The molecule has 2 heterocycles. The van der Waals surface area contributed by atoms with Crippen LogP contribution in [0.3, 0.4) is 0 Å². The van der Waals surface area contributed by atoms with Gasteiger partial charge in [-0.25, -0.2) is 0 Å². The number of hydrogen-bond donors (Lipinski definition) is 0. The van der Waals surface area contributed by atoms with Crippen LogP contribution in [-0.2, 0) is 13.1 Å². The van der Waals surface area contributed by atoms with E-state index in [0.717, 1.165) is 46.2 Å². The van der Waals surface area contributed by atoms with Gasteiger partial charge < -0.3 is 9.32 Å². The van der Waals surface area contributed by atoms with Gasteiger partial charge >= 0.3 is 0 Å². The summed E-state index contributed by atoms with van der Waals surface area (Å²) in [6.07, 6.45) is 0. The number of nitrogens with zero attached hydrogens (tertiary/aromatic N) is 1. The summed E-state index contributed by atoms with van der Waals surface area (Å²) in [6.45, 7) is 1.64. The molecule has 1 aliphatic heterocycles. The second-order valence-electron chi connectivity index (χ2n) is 13.7. The van der Waals surface area contributed by atoms with Crippen molar-refractivity contribution in [2.75, 3.05) is 4.90 Å². The first kappa shape index (κ1) is 30.2. The predicted octanol–water partition coefficient (Wildman–Crippen LogP) is 13.4. The molecule has 0 aliphatic carbocycles. The van der Waals surface area contributed by atoms with Crippen molar-refractivity contribution in [1.29, 1.82) is 0 Å². The minimum Gasteiger partial charge on any atom is -0.455 e. The van der Waals surface area contributed by atoms with Gasteiger partial charge in [0.2, 0.25) is 0 Å². The van der Waals surface area contributed by atoms with Gasteiger partial charge in [0.25, 0.3) is 0 Å². The monoisotopic (exact) mass is 665 g/mol. The Morgan fingerprint density at radius 2 is 0.865 bits per heavy atom. The van der Waals surface area contributed by atoms with Crippen LogP contribution >= 0.6 is 0 Å². The average Bonchev–Trinajstić information content (AvgIpc) is 3.52. The van der Waals surface area contributed by atoms with Gasteiger partial charge in [0.15, 0.2) is 0 Å². The highest BCUT2D eigenvalue weighted by molar-refractivity contribution is 6.09. The lowest BCUT2D eigenvalue weighted by Crippen LogP contribution is -2.20. The zero-order valence-corrected chi connectivity index (χ0v) is 28.7. The molecule has 0 saturated carbocycles. The van der Waals surface area contributed by atoms with E-state index in [0.29, 0.717) is 0 Å². The molecule has 2 nitrogen and oxygen atoms in total. The summed E-state index contributed by atoms with van der Waals surface area (Å²) in [6, 6.07) is 68.1. The van der Waals surface area contributed by atoms with Crippen molar-refractivity contribution in [3.63, 3.8) is 0 Å². The van der Waals surface area contributed by atoms with Crippen LogP contribution in [0.15, 0.2) is 192 Å². The third kappa shape index (κ3) is 5.37. The number of benzene rings is 8. The lowest BCUT2D eigenvalue weighted by Gasteiger charge is -2.24. The predicted molar refractivity (Wildman–Crippen MR) is 217 cm³/mol. The van der Waals surface area contributed by atoms with Gasteiger partial charge in [0, 0.05) is 35.1 Å².